The van der Waals surface area contributed by atoms with Crippen LogP contribution in [0.5, 0.6) is 0 Å². The van der Waals surface area contributed by atoms with Crippen molar-refractivity contribution in [3.8, 4) is 0 Å². The lowest BCUT2D eigenvalue weighted by Gasteiger charge is -2.21. The van der Waals surface area contributed by atoms with Gasteiger partial charge in [0.15, 0.2) is 5.13 Å². The first-order valence-electron chi connectivity index (χ1n) is 8.23. The van der Waals surface area contributed by atoms with E-state index in [0.717, 1.165) is 27.7 Å². The molecule has 0 fully saturated rings. The SMILES string of the molecule is CN(C)CCCN(C(=O)c1ccccc1Br)c1nc2c(Cl)cccc2s1.Cl. The largest absolute Gasteiger partial charge is 0.309 e. The number of rotatable bonds is 6. The van der Waals surface area contributed by atoms with Crippen LogP contribution in [0, 0.1) is 0 Å². The number of fused-ring (bicyclic) bond motifs is 1. The average Bonchev–Trinajstić information content (AvgIpc) is 3.03. The number of aromatic nitrogens is 1. The molecule has 4 nitrogen and oxygen atoms in total. The van der Waals surface area contributed by atoms with Crippen molar-refractivity contribution in [2.75, 3.05) is 32.1 Å². The van der Waals surface area contributed by atoms with Gasteiger partial charge < -0.3 is 4.90 Å². The Hall–Kier alpha value is -1.18. The van der Waals surface area contributed by atoms with Crippen molar-refractivity contribution in [2.45, 2.75) is 6.42 Å². The van der Waals surface area contributed by atoms with Crippen LogP contribution in [0.4, 0.5) is 5.13 Å². The summed E-state index contributed by atoms with van der Waals surface area (Å²) in [6.07, 6.45) is 0.854. The van der Waals surface area contributed by atoms with Gasteiger partial charge in [0, 0.05) is 11.0 Å². The summed E-state index contributed by atoms with van der Waals surface area (Å²) in [4.78, 5) is 21.7. The third-order valence-electron chi connectivity index (χ3n) is 3.93. The Kier molecular flexibility index (Phi) is 8.06. The van der Waals surface area contributed by atoms with Crippen LogP contribution in [0.3, 0.4) is 0 Å². The molecule has 0 unspecified atom stereocenters. The van der Waals surface area contributed by atoms with E-state index >= 15 is 0 Å². The zero-order chi connectivity index (χ0) is 18.7. The van der Waals surface area contributed by atoms with E-state index in [1.54, 1.807) is 4.90 Å². The number of carbonyl (C=O) groups is 1. The smallest absolute Gasteiger partial charge is 0.261 e. The first-order chi connectivity index (χ1) is 12.5. The lowest BCUT2D eigenvalue weighted by Crippen LogP contribution is -2.33. The number of anilines is 1. The Morgan fingerprint density at radius 3 is 2.56 bits per heavy atom. The Bertz CT molecular complexity index is 932. The van der Waals surface area contributed by atoms with Gasteiger partial charge in [0.1, 0.15) is 5.52 Å². The number of thiazole rings is 1. The Morgan fingerprint density at radius 1 is 1.15 bits per heavy atom. The Balaban J connectivity index is 0.00000261. The summed E-state index contributed by atoms with van der Waals surface area (Å²) in [5.41, 5.74) is 1.37. The molecule has 0 aliphatic carbocycles. The maximum absolute atomic E-state index is 13.2. The highest BCUT2D eigenvalue weighted by atomic mass is 79.9. The molecule has 27 heavy (non-hydrogen) atoms. The monoisotopic (exact) mass is 487 g/mol. The summed E-state index contributed by atoms with van der Waals surface area (Å²) in [6, 6.07) is 13.2. The molecular formula is C19H20BrCl2N3OS. The molecule has 1 aromatic heterocycles. The van der Waals surface area contributed by atoms with Crippen LogP contribution in [0.25, 0.3) is 10.2 Å². The van der Waals surface area contributed by atoms with Gasteiger partial charge in [-0.25, -0.2) is 4.98 Å². The normalized spacial score (nSPS) is 10.9. The molecule has 3 rings (SSSR count). The lowest BCUT2D eigenvalue weighted by molar-refractivity contribution is 0.0985. The molecule has 0 aliphatic rings. The summed E-state index contributed by atoms with van der Waals surface area (Å²) >= 11 is 11.2. The summed E-state index contributed by atoms with van der Waals surface area (Å²) in [5, 5.41) is 1.28. The summed E-state index contributed by atoms with van der Waals surface area (Å²) < 4.78 is 1.76. The van der Waals surface area contributed by atoms with Crippen molar-refractivity contribution < 1.29 is 4.79 Å². The lowest BCUT2D eigenvalue weighted by atomic mass is 10.2. The quantitative estimate of drug-likeness (QED) is 0.444. The Morgan fingerprint density at radius 2 is 1.89 bits per heavy atom. The van der Waals surface area contributed by atoms with E-state index in [2.05, 4.69) is 25.8 Å². The van der Waals surface area contributed by atoms with Gasteiger partial charge in [-0.15, -0.1) is 12.4 Å². The number of carbonyl (C=O) groups excluding carboxylic acids is 1. The predicted molar refractivity (Wildman–Crippen MR) is 121 cm³/mol. The molecule has 1 heterocycles. The number of nitrogens with zero attached hydrogens (tertiary/aromatic N) is 3. The molecule has 0 saturated carbocycles. The summed E-state index contributed by atoms with van der Waals surface area (Å²) in [7, 11) is 4.05. The van der Waals surface area contributed by atoms with Crippen molar-refractivity contribution in [3.63, 3.8) is 0 Å². The molecule has 0 bridgehead atoms. The van der Waals surface area contributed by atoms with Gasteiger partial charge in [0.05, 0.1) is 15.3 Å². The number of benzene rings is 2. The fraction of sp³-hybridized carbons (Fsp3) is 0.263. The highest BCUT2D eigenvalue weighted by Gasteiger charge is 2.23. The van der Waals surface area contributed by atoms with E-state index < -0.39 is 0 Å². The molecule has 0 saturated heterocycles. The van der Waals surface area contributed by atoms with Crippen molar-refractivity contribution in [1.29, 1.82) is 0 Å². The molecular weight excluding hydrogens is 469 g/mol. The topological polar surface area (TPSA) is 36.4 Å². The van der Waals surface area contributed by atoms with Crippen LogP contribution in [-0.2, 0) is 0 Å². The van der Waals surface area contributed by atoms with Crippen molar-refractivity contribution in [1.82, 2.24) is 9.88 Å². The minimum Gasteiger partial charge on any atom is -0.309 e. The van der Waals surface area contributed by atoms with Gasteiger partial charge >= 0.3 is 0 Å². The van der Waals surface area contributed by atoms with Gasteiger partial charge in [-0.05, 0) is 67.3 Å². The molecule has 0 aliphatic heterocycles. The minimum atomic E-state index is -0.0635. The summed E-state index contributed by atoms with van der Waals surface area (Å²) in [6.45, 7) is 1.49. The van der Waals surface area contributed by atoms with Crippen LogP contribution in [0.2, 0.25) is 5.02 Å². The molecule has 2 aromatic carbocycles. The van der Waals surface area contributed by atoms with Crippen LogP contribution >= 0.6 is 51.3 Å². The maximum atomic E-state index is 13.2. The van der Waals surface area contributed by atoms with Gasteiger partial charge in [0.2, 0.25) is 0 Å². The molecule has 0 N–H and O–H groups in total. The number of hydrogen-bond donors (Lipinski definition) is 0. The zero-order valence-electron chi connectivity index (χ0n) is 15.0. The van der Waals surface area contributed by atoms with Gasteiger partial charge in [-0.2, -0.15) is 0 Å². The van der Waals surface area contributed by atoms with E-state index in [9.17, 15) is 4.79 Å². The van der Waals surface area contributed by atoms with Crippen molar-refractivity contribution >= 4 is 72.5 Å². The molecule has 3 aromatic rings. The highest BCUT2D eigenvalue weighted by molar-refractivity contribution is 9.10. The predicted octanol–water partition coefficient (Wildman–Crippen LogP) is 5.73. The molecule has 0 spiro atoms. The van der Waals surface area contributed by atoms with E-state index in [-0.39, 0.29) is 18.3 Å². The van der Waals surface area contributed by atoms with E-state index in [0.29, 0.717) is 22.3 Å². The molecule has 1 amide bonds. The number of hydrogen-bond acceptors (Lipinski definition) is 4. The summed E-state index contributed by atoms with van der Waals surface area (Å²) in [5.74, 6) is -0.0635. The standard InChI is InChI=1S/C19H19BrClN3OS.ClH/c1-23(2)11-6-12-24(18(25)13-7-3-4-8-14(13)20)19-22-17-15(21)9-5-10-16(17)26-19;/h3-5,7-10H,6,11-12H2,1-2H3;1H. The Labute approximate surface area is 182 Å². The molecule has 8 heteroatoms. The van der Waals surface area contributed by atoms with Crippen LogP contribution in [0.15, 0.2) is 46.9 Å². The fourth-order valence-electron chi connectivity index (χ4n) is 2.63. The second kappa shape index (κ2) is 9.85. The number of halogens is 3. The van der Waals surface area contributed by atoms with Crippen molar-refractivity contribution in [3.05, 3.63) is 57.5 Å². The molecule has 0 radical (unpaired) electrons. The molecule has 144 valence electrons. The number of amides is 1. The van der Waals surface area contributed by atoms with Crippen LogP contribution in [-0.4, -0.2) is 43.0 Å². The van der Waals surface area contributed by atoms with Crippen LogP contribution in [0.1, 0.15) is 16.8 Å². The first kappa shape index (κ1) is 22.1. The maximum Gasteiger partial charge on any atom is 0.261 e. The first-order valence-corrected chi connectivity index (χ1v) is 10.2. The van der Waals surface area contributed by atoms with E-state index in [1.807, 2.05) is 56.6 Å². The second-order valence-electron chi connectivity index (χ2n) is 6.18. The highest BCUT2D eigenvalue weighted by Crippen LogP contribution is 2.34. The average molecular weight is 489 g/mol. The van der Waals surface area contributed by atoms with Crippen LogP contribution < -0.4 is 4.90 Å². The third-order valence-corrected chi connectivity index (χ3v) is 5.97. The van der Waals surface area contributed by atoms with Gasteiger partial charge in [0.25, 0.3) is 5.91 Å². The van der Waals surface area contributed by atoms with Gasteiger partial charge in [-0.3, -0.25) is 9.69 Å². The van der Waals surface area contributed by atoms with E-state index in [4.69, 9.17) is 11.6 Å². The second-order valence-corrected chi connectivity index (χ2v) is 8.45. The van der Waals surface area contributed by atoms with Crippen molar-refractivity contribution in [2.24, 2.45) is 0 Å². The number of para-hydroxylation sites is 1. The molecule has 0 atom stereocenters. The fourth-order valence-corrected chi connectivity index (χ4v) is 4.37. The third kappa shape index (κ3) is 5.21. The zero-order valence-corrected chi connectivity index (χ0v) is 19.0. The minimum absolute atomic E-state index is 0. The van der Waals surface area contributed by atoms with E-state index in [1.165, 1.54) is 11.3 Å². The van der Waals surface area contributed by atoms with Gasteiger partial charge in [-0.1, -0.05) is 41.1 Å².